The van der Waals surface area contributed by atoms with Gasteiger partial charge in [0.2, 0.25) is 0 Å². The Morgan fingerprint density at radius 2 is 1.80 bits per heavy atom. The Hall–Kier alpha value is 0.390. The molecule has 2 heteroatoms. The molecule has 1 fully saturated rings. The van der Waals surface area contributed by atoms with E-state index in [-0.39, 0.29) is 0 Å². The molecule has 0 heterocycles. The smallest absolute Gasteiger partial charge is 0.0106 e. The topological polar surface area (TPSA) is 12.0 Å². The van der Waals surface area contributed by atoms with Crippen LogP contribution in [0.15, 0.2) is 0 Å². The van der Waals surface area contributed by atoms with Gasteiger partial charge in [0, 0.05) is 0 Å². The third-order valence-corrected chi connectivity index (χ3v) is 3.64. The molecule has 0 aliphatic heterocycles. The second kappa shape index (κ2) is 4.31. The van der Waals surface area contributed by atoms with E-state index < -0.39 is 0 Å². The number of rotatable bonds is 2. The van der Waals surface area contributed by atoms with E-state index in [1.165, 1.54) is 25.7 Å². The maximum Gasteiger partial charge on any atom is -0.0106 e. The summed E-state index contributed by atoms with van der Waals surface area (Å²) < 4.78 is 0. The van der Waals surface area contributed by atoms with Gasteiger partial charge in [-0.1, -0.05) is 28.5 Å². The minimum Gasteiger partial charge on any atom is -0.301 e. The lowest BCUT2D eigenvalue weighted by Gasteiger charge is -2.25. The molecular formula is C8H18NP. The Bertz CT molecular complexity index is 87.3. The quantitative estimate of drug-likeness (QED) is 0.610. The summed E-state index contributed by atoms with van der Waals surface area (Å²) in [7, 11) is 3.07. The molecule has 0 aromatic carbocycles. The van der Waals surface area contributed by atoms with Crippen molar-refractivity contribution in [2.45, 2.75) is 38.3 Å². The van der Waals surface area contributed by atoms with Gasteiger partial charge in [-0.15, -0.1) is 0 Å². The molecule has 1 atom stereocenters. The van der Waals surface area contributed by atoms with Crippen LogP contribution in [-0.2, 0) is 0 Å². The van der Waals surface area contributed by atoms with Gasteiger partial charge < -0.3 is 5.09 Å². The van der Waals surface area contributed by atoms with Gasteiger partial charge in [-0.25, -0.2) is 0 Å². The zero-order chi connectivity index (χ0) is 7.40. The summed E-state index contributed by atoms with van der Waals surface area (Å²) in [4.78, 5) is 0. The van der Waals surface area contributed by atoms with Crippen molar-refractivity contribution in [1.82, 2.24) is 5.09 Å². The number of hydrogen-bond acceptors (Lipinski definition) is 1. The van der Waals surface area contributed by atoms with Gasteiger partial charge in [-0.3, -0.25) is 0 Å². The average molecular weight is 159 g/mol. The highest BCUT2D eigenvalue weighted by molar-refractivity contribution is 7.36. The van der Waals surface area contributed by atoms with E-state index in [9.17, 15) is 0 Å². The van der Waals surface area contributed by atoms with Gasteiger partial charge in [0.1, 0.15) is 0 Å². The van der Waals surface area contributed by atoms with Crippen molar-refractivity contribution in [2.24, 2.45) is 5.92 Å². The maximum absolute atomic E-state index is 3.28. The van der Waals surface area contributed by atoms with Crippen LogP contribution in [0.3, 0.4) is 0 Å². The molecule has 1 aliphatic carbocycles. The summed E-state index contributed by atoms with van der Waals surface area (Å²) in [6.45, 7) is 2.37. The molecule has 0 saturated heterocycles. The number of nitrogens with one attached hydrogen (secondary N) is 1. The van der Waals surface area contributed by atoms with E-state index in [2.05, 4.69) is 19.1 Å². The zero-order valence-electron chi connectivity index (χ0n) is 6.98. The highest BCUT2D eigenvalue weighted by atomic mass is 31.1. The van der Waals surface area contributed by atoms with Crippen LogP contribution in [0.1, 0.15) is 32.6 Å². The van der Waals surface area contributed by atoms with Crippen LogP contribution in [-0.4, -0.2) is 12.7 Å². The molecule has 1 saturated carbocycles. The maximum atomic E-state index is 3.28. The summed E-state index contributed by atoms with van der Waals surface area (Å²) in [6, 6.07) is 0. The first-order valence-corrected chi connectivity index (χ1v) is 5.33. The molecule has 1 N–H and O–H groups in total. The van der Waals surface area contributed by atoms with Crippen molar-refractivity contribution in [3.63, 3.8) is 0 Å². The molecule has 10 heavy (non-hydrogen) atoms. The standard InChI is InChI=1S/C8H18NP/c1-7-3-5-8(6-4-7)10-9-2/h7-10H,3-6H2,1-2H3. The molecule has 0 bridgehead atoms. The van der Waals surface area contributed by atoms with E-state index in [0.717, 1.165) is 20.3 Å². The average Bonchev–Trinajstić information content (AvgIpc) is 1.95. The molecule has 0 aromatic rings. The molecular weight excluding hydrogens is 141 g/mol. The molecule has 0 radical (unpaired) electrons. The van der Waals surface area contributed by atoms with Crippen LogP contribution >= 0.6 is 8.73 Å². The van der Waals surface area contributed by atoms with E-state index in [1.807, 2.05) is 0 Å². The van der Waals surface area contributed by atoms with E-state index in [4.69, 9.17) is 0 Å². The van der Waals surface area contributed by atoms with E-state index in [0.29, 0.717) is 0 Å². The summed E-state index contributed by atoms with van der Waals surface area (Å²) >= 11 is 0. The van der Waals surface area contributed by atoms with Crippen LogP contribution < -0.4 is 5.09 Å². The Balaban J connectivity index is 2.13. The van der Waals surface area contributed by atoms with Crippen LogP contribution in [0.2, 0.25) is 0 Å². The van der Waals surface area contributed by atoms with Crippen molar-refractivity contribution < 1.29 is 0 Å². The Labute approximate surface area is 65.8 Å². The normalized spacial score (nSPS) is 35.4. The fourth-order valence-corrected chi connectivity index (χ4v) is 2.64. The minimum atomic E-state index is 0.998. The van der Waals surface area contributed by atoms with Crippen molar-refractivity contribution in [1.29, 1.82) is 0 Å². The Morgan fingerprint density at radius 1 is 1.20 bits per heavy atom. The second-order valence-electron chi connectivity index (χ2n) is 3.35. The SMILES string of the molecule is CNPC1CCC(C)CC1. The van der Waals surface area contributed by atoms with Gasteiger partial charge in [-0.2, -0.15) is 0 Å². The lowest BCUT2D eigenvalue weighted by Crippen LogP contribution is -2.15. The molecule has 0 spiro atoms. The van der Waals surface area contributed by atoms with Crippen LogP contribution in [0.4, 0.5) is 0 Å². The lowest BCUT2D eigenvalue weighted by atomic mass is 9.91. The summed E-state index contributed by atoms with van der Waals surface area (Å²) in [5.74, 6) is 0.998. The fourth-order valence-electron chi connectivity index (χ4n) is 1.61. The molecule has 0 amide bonds. The number of hydrogen-bond donors (Lipinski definition) is 1. The van der Waals surface area contributed by atoms with Crippen molar-refractivity contribution in [3.05, 3.63) is 0 Å². The molecule has 60 valence electrons. The molecule has 1 unspecified atom stereocenters. The molecule has 1 nitrogen and oxygen atoms in total. The monoisotopic (exact) mass is 159 g/mol. The van der Waals surface area contributed by atoms with Crippen molar-refractivity contribution >= 4 is 8.73 Å². The van der Waals surface area contributed by atoms with Crippen molar-refractivity contribution in [3.8, 4) is 0 Å². The lowest BCUT2D eigenvalue weighted by molar-refractivity contribution is 0.391. The first-order valence-electron chi connectivity index (χ1n) is 4.25. The summed E-state index contributed by atoms with van der Waals surface area (Å²) in [6.07, 6.45) is 5.83. The van der Waals surface area contributed by atoms with Gasteiger partial charge in [0.15, 0.2) is 0 Å². The summed E-state index contributed by atoms with van der Waals surface area (Å²) in [5.41, 5.74) is 1.00. The van der Waals surface area contributed by atoms with Crippen LogP contribution in [0.5, 0.6) is 0 Å². The van der Waals surface area contributed by atoms with Crippen molar-refractivity contribution in [2.75, 3.05) is 7.05 Å². The van der Waals surface area contributed by atoms with Gasteiger partial charge in [0.25, 0.3) is 0 Å². The zero-order valence-corrected chi connectivity index (χ0v) is 7.98. The summed E-state index contributed by atoms with van der Waals surface area (Å²) in [5, 5.41) is 3.28. The molecule has 1 aliphatic rings. The van der Waals surface area contributed by atoms with Crippen LogP contribution in [0, 0.1) is 5.92 Å². The molecule has 1 rings (SSSR count). The third kappa shape index (κ3) is 2.56. The first-order chi connectivity index (χ1) is 4.83. The second-order valence-corrected chi connectivity index (χ2v) is 4.96. The van der Waals surface area contributed by atoms with Gasteiger partial charge in [0.05, 0.1) is 0 Å². The highest BCUT2D eigenvalue weighted by Gasteiger charge is 2.16. The largest absolute Gasteiger partial charge is 0.301 e. The minimum absolute atomic E-state index is 0.998. The van der Waals surface area contributed by atoms with E-state index in [1.54, 1.807) is 0 Å². The Morgan fingerprint density at radius 3 is 2.30 bits per heavy atom. The fraction of sp³-hybridized carbons (Fsp3) is 1.00. The van der Waals surface area contributed by atoms with Crippen LogP contribution in [0.25, 0.3) is 0 Å². The van der Waals surface area contributed by atoms with E-state index >= 15 is 0 Å². The molecule has 0 aromatic heterocycles. The Kier molecular flexibility index (Phi) is 3.65. The highest BCUT2D eigenvalue weighted by Crippen LogP contribution is 2.32. The predicted molar refractivity (Wildman–Crippen MR) is 48.8 cm³/mol. The first kappa shape index (κ1) is 8.49. The predicted octanol–water partition coefficient (Wildman–Crippen LogP) is 2.38. The van der Waals surface area contributed by atoms with Gasteiger partial charge in [-0.05, 0) is 31.5 Å². The van der Waals surface area contributed by atoms with Gasteiger partial charge >= 0.3 is 0 Å². The third-order valence-electron chi connectivity index (χ3n) is 2.36.